The molecule has 0 saturated heterocycles. The molecule has 112 valence electrons. The van der Waals surface area contributed by atoms with Gasteiger partial charge in [-0.3, -0.25) is 0 Å². The van der Waals surface area contributed by atoms with Gasteiger partial charge in [0, 0.05) is 19.3 Å². The molecular weight excluding hydrogens is 272 g/mol. The van der Waals surface area contributed by atoms with Crippen molar-refractivity contribution in [3.63, 3.8) is 0 Å². The normalized spacial score (nSPS) is 10.8. The van der Waals surface area contributed by atoms with Crippen LogP contribution < -0.4 is 5.32 Å². The van der Waals surface area contributed by atoms with E-state index in [2.05, 4.69) is 27.3 Å². The first-order valence-electron chi connectivity index (χ1n) is 7.17. The summed E-state index contributed by atoms with van der Waals surface area (Å²) in [6.45, 7) is 1.61. The van der Waals surface area contributed by atoms with Crippen molar-refractivity contribution in [1.82, 2.24) is 9.88 Å². The van der Waals surface area contributed by atoms with E-state index < -0.39 is 0 Å². The van der Waals surface area contributed by atoms with Crippen LogP contribution in [0.2, 0.25) is 0 Å². The zero-order chi connectivity index (χ0) is 15.8. The van der Waals surface area contributed by atoms with Gasteiger partial charge in [-0.1, -0.05) is 24.3 Å². The first-order chi connectivity index (χ1) is 10.7. The van der Waals surface area contributed by atoms with Gasteiger partial charge in [0.1, 0.15) is 5.82 Å². The Kier molecular flexibility index (Phi) is 5.70. The third-order valence-electron chi connectivity index (χ3n) is 3.07. The Hall–Kier alpha value is -2.64. The van der Waals surface area contributed by atoms with Crippen LogP contribution >= 0.6 is 0 Å². The SMILES string of the molecule is CN(C)Cc1ccnc(NC/C=C/c2ccc(C#N)cc2)c1. The molecule has 1 aromatic carbocycles. The molecule has 22 heavy (non-hydrogen) atoms. The van der Waals surface area contributed by atoms with Gasteiger partial charge < -0.3 is 10.2 Å². The maximum atomic E-state index is 8.76. The predicted octanol–water partition coefficient (Wildman–Crippen LogP) is 3.14. The minimum atomic E-state index is 0.678. The largest absolute Gasteiger partial charge is 0.367 e. The maximum Gasteiger partial charge on any atom is 0.126 e. The number of aromatic nitrogens is 1. The topological polar surface area (TPSA) is 52.0 Å². The van der Waals surface area contributed by atoms with Gasteiger partial charge in [0.2, 0.25) is 0 Å². The highest BCUT2D eigenvalue weighted by Gasteiger charge is 1.97. The van der Waals surface area contributed by atoms with E-state index in [0.29, 0.717) is 12.1 Å². The highest BCUT2D eigenvalue weighted by molar-refractivity contribution is 5.52. The molecule has 0 unspecified atom stereocenters. The molecule has 0 radical (unpaired) electrons. The minimum absolute atomic E-state index is 0.678. The Morgan fingerprint density at radius 1 is 1.23 bits per heavy atom. The second-order valence-electron chi connectivity index (χ2n) is 5.30. The maximum absolute atomic E-state index is 8.76. The average Bonchev–Trinajstić information content (AvgIpc) is 2.52. The standard InChI is InChI=1S/C18H20N4/c1-22(2)14-17-9-11-21-18(12-17)20-10-3-4-15-5-7-16(13-19)8-6-15/h3-9,11-12H,10,14H2,1-2H3,(H,20,21)/b4-3+. The lowest BCUT2D eigenvalue weighted by atomic mass is 10.1. The van der Waals surface area contributed by atoms with E-state index in [1.54, 1.807) is 0 Å². The Labute approximate surface area is 131 Å². The van der Waals surface area contributed by atoms with Gasteiger partial charge in [-0.2, -0.15) is 5.26 Å². The molecule has 0 aliphatic heterocycles. The quantitative estimate of drug-likeness (QED) is 0.888. The van der Waals surface area contributed by atoms with Crippen LogP contribution in [0.5, 0.6) is 0 Å². The number of rotatable bonds is 6. The van der Waals surface area contributed by atoms with Gasteiger partial charge in [-0.15, -0.1) is 0 Å². The molecule has 0 aliphatic rings. The van der Waals surface area contributed by atoms with Crippen molar-refractivity contribution < 1.29 is 0 Å². The summed E-state index contributed by atoms with van der Waals surface area (Å²) in [5, 5.41) is 12.0. The zero-order valence-corrected chi connectivity index (χ0v) is 13.0. The molecule has 0 amide bonds. The number of pyridine rings is 1. The minimum Gasteiger partial charge on any atom is -0.367 e. The summed E-state index contributed by atoms with van der Waals surface area (Å²) in [6, 6.07) is 13.7. The van der Waals surface area contributed by atoms with Crippen molar-refractivity contribution in [3.8, 4) is 6.07 Å². The summed E-state index contributed by atoms with van der Waals surface area (Å²) in [6.07, 6.45) is 5.89. The van der Waals surface area contributed by atoms with E-state index >= 15 is 0 Å². The third kappa shape index (κ3) is 5.04. The van der Waals surface area contributed by atoms with Crippen LogP contribution in [-0.4, -0.2) is 30.5 Å². The Balaban J connectivity index is 1.87. The zero-order valence-electron chi connectivity index (χ0n) is 13.0. The molecule has 1 N–H and O–H groups in total. The second kappa shape index (κ2) is 7.96. The van der Waals surface area contributed by atoms with Crippen molar-refractivity contribution in [2.75, 3.05) is 26.0 Å². The van der Waals surface area contributed by atoms with Crippen LogP contribution in [0.25, 0.3) is 6.08 Å². The van der Waals surface area contributed by atoms with E-state index in [1.807, 2.05) is 62.8 Å². The number of hydrogen-bond donors (Lipinski definition) is 1. The summed E-state index contributed by atoms with van der Waals surface area (Å²) >= 11 is 0. The second-order valence-corrected chi connectivity index (χ2v) is 5.30. The molecule has 2 aromatic rings. The summed E-state index contributed by atoms with van der Waals surface area (Å²) in [7, 11) is 4.10. The molecular formula is C18H20N4. The first kappa shape index (κ1) is 15.7. The highest BCUT2D eigenvalue weighted by Crippen LogP contribution is 2.09. The van der Waals surface area contributed by atoms with Crippen molar-refractivity contribution in [1.29, 1.82) is 5.26 Å². The first-order valence-corrected chi connectivity index (χ1v) is 7.17. The van der Waals surface area contributed by atoms with E-state index in [1.165, 1.54) is 5.56 Å². The Bertz CT molecular complexity index is 666. The van der Waals surface area contributed by atoms with Crippen molar-refractivity contribution >= 4 is 11.9 Å². The monoisotopic (exact) mass is 292 g/mol. The molecule has 1 aromatic heterocycles. The fraction of sp³-hybridized carbons (Fsp3) is 0.222. The number of nitrogens with one attached hydrogen (secondary N) is 1. The molecule has 0 saturated carbocycles. The van der Waals surface area contributed by atoms with Crippen LogP contribution in [0, 0.1) is 11.3 Å². The molecule has 0 bridgehead atoms. The van der Waals surface area contributed by atoms with E-state index in [0.717, 1.165) is 17.9 Å². The average molecular weight is 292 g/mol. The lowest BCUT2D eigenvalue weighted by Crippen LogP contribution is -2.11. The number of benzene rings is 1. The fourth-order valence-electron chi connectivity index (χ4n) is 2.06. The van der Waals surface area contributed by atoms with Crippen molar-refractivity contribution in [3.05, 3.63) is 65.4 Å². The van der Waals surface area contributed by atoms with Gasteiger partial charge in [0.05, 0.1) is 11.6 Å². The Morgan fingerprint density at radius 2 is 2.00 bits per heavy atom. The fourth-order valence-corrected chi connectivity index (χ4v) is 2.06. The van der Waals surface area contributed by atoms with E-state index in [9.17, 15) is 0 Å². The van der Waals surface area contributed by atoms with Crippen LogP contribution in [0.3, 0.4) is 0 Å². The third-order valence-corrected chi connectivity index (χ3v) is 3.07. The predicted molar refractivity (Wildman–Crippen MR) is 90.3 cm³/mol. The van der Waals surface area contributed by atoms with Crippen molar-refractivity contribution in [2.24, 2.45) is 0 Å². The smallest absolute Gasteiger partial charge is 0.126 e. The van der Waals surface area contributed by atoms with Crippen LogP contribution in [0.4, 0.5) is 5.82 Å². The lowest BCUT2D eigenvalue weighted by molar-refractivity contribution is 0.402. The molecule has 0 spiro atoms. The van der Waals surface area contributed by atoms with Gasteiger partial charge in [0.15, 0.2) is 0 Å². The molecule has 0 fully saturated rings. The number of nitriles is 1. The number of hydrogen-bond acceptors (Lipinski definition) is 4. The molecule has 0 aliphatic carbocycles. The van der Waals surface area contributed by atoms with Gasteiger partial charge in [0.25, 0.3) is 0 Å². The number of nitrogens with zero attached hydrogens (tertiary/aromatic N) is 3. The van der Waals surface area contributed by atoms with Gasteiger partial charge >= 0.3 is 0 Å². The molecule has 4 heteroatoms. The Morgan fingerprint density at radius 3 is 2.68 bits per heavy atom. The summed E-state index contributed by atoms with van der Waals surface area (Å²) in [5.74, 6) is 0.879. The van der Waals surface area contributed by atoms with Crippen LogP contribution in [-0.2, 0) is 6.54 Å². The lowest BCUT2D eigenvalue weighted by Gasteiger charge is -2.10. The highest BCUT2D eigenvalue weighted by atomic mass is 15.1. The summed E-state index contributed by atoms with van der Waals surface area (Å²) in [4.78, 5) is 6.44. The molecule has 0 atom stereocenters. The number of anilines is 1. The van der Waals surface area contributed by atoms with Crippen molar-refractivity contribution in [2.45, 2.75) is 6.54 Å². The molecule has 2 rings (SSSR count). The molecule has 4 nitrogen and oxygen atoms in total. The van der Waals surface area contributed by atoms with Crippen LogP contribution in [0.1, 0.15) is 16.7 Å². The summed E-state index contributed by atoms with van der Waals surface area (Å²) < 4.78 is 0. The van der Waals surface area contributed by atoms with Gasteiger partial charge in [-0.25, -0.2) is 4.98 Å². The van der Waals surface area contributed by atoms with Gasteiger partial charge in [-0.05, 0) is 49.5 Å². The van der Waals surface area contributed by atoms with E-state index in [-0.39, 0.29) is 0 Å². The van der Waals surface area contributed by atoms with Crippen LogP contribution in [0.15, 0.2) is 48.7 Å². The summed E-state index contributed by atoms with van der Waals surface area (Å²) in [5.41, 5.74) is 2.99. The molecule has 1 heterocycles. The van der Waals surface area contributed by atoms with E-state index in [4.69, 9.17) is 5.26 Å².